The smallest absolute Gasteiger partial charge is 0.397 e. The highest BCUT2D eigenvalue weighted by atomic mass is 35.5. The van der Waals surface area contributed by atoms with Crippen molar-refractivity contribution in [3.8, 4) is 5.75 Å². The molecule has 4 aromatic carbocycles. The highest BCUT2D eigenvalue weighted by Crippen LogP contribution is 2.48. The largest absolute Gasteiger partial charge is 0.505 e. The third-order valence-electron chi connectivity index (χ3n) is 8.06. The minimum Gasteiger partial charge on any atom is -0.505 e. The second kappa shape index (κ2) is 21.7. The van der Waals surface area contributed by atoms with Crippen molar-refractivity contribution >= 4 is 122 Å². The molecule has 0 aliphatic rings. The maximum Gasteiger partial charge on any atom is 0.397 e. The highest BCUT2D eigenvalue weighted by Gasteiger charge is 2.26. The predicted octanol–water partition coefficient (Wildman–Crippen LogP) is 5.74. The molecule has 0 aliphatic carbocycles. The number of rotatable bonds is 23. The number of aromatic hydroxyl groups is 1. The van der Waals surface area contributed by atoms with Crippen molar-refractivity contribution in [2.45, 2.75) is 26.5 Å². The van der Waals surface area contributed by atoms with E-state index in [0.717, 1.165) is 24.3 Å². The maximum atomic E-state index is 13.0. The third-order valence-corrected chi connectivity index (χ3v) is 14.0. The molecule has 1 heterocycles. The van der Waals surface area contributed by atoms with Crippen LogP contribution in [-0.4, -0.2) is 105 Å². The van der Waals surface area contributed by atoms with Gasteiger partial charge in [0.05, 0.1) is 68.2 Å². The fraction of sp³-hybridized carbons (Fsp3) is 0.194. The number of aromatic nitrogens is 3. The van der Waals surface area contributed by atoms with E-state index < -0.39 is 79.9 Å². The maximum absolute atomic E-state index is 13.0. The summed E-state index contributed by atoms with van der Waals surface area (Å²) in [6.07, 6.45) is 0. The number of sulfone groups is 2. The number of azo groups is 1. The van der Waals surface area contributed by atoms with Gasteiger partial charge in [-0.3, -0.25) is 13.3 Å². The molecule has 0 saturated heterocycles. The van der Waals surface area contributed by atoms with Gasteiger partial charge < -0.3 is 15.3 Å². The molecule has 0 aliphatic heterocycles. The van der Waals surface area contributed by atoms with E-state index in [1.54, 1.807) is 6.92 Å². The van der Waals surface area contributed by atoms with E-state index >= 15 is 0 Å². The molecule has 6 N–H and O–H groups in total. The molecule has 26 nitrogen and oxygen atoms in total. The molecule has 0 unspecified atom stereocenters. The van der Waals surface area contributed by atoms with Crippen LogP contribution in [0.25, 0.3) is 10.8 Å². The zero-order valence-electron chi connectivity index (χ0n) is 31.8. The molecular formula is C31H30ClN7O19S6. The summed E-state index contributed by atoms with van der Waals surface area (Å²) in [5, 5.41) is 45.6. The normalized spacial score (nSPS) is 12.6. The molecule has 0 spiro atoms. The van der Waals surface area contributed by atoms with Crippen LogP contribution in [0.4, 0.5) is 34.6 Å². The average molecular weight is 1030 g/mol. The van der Waals surface area contributed by atoms with Crippen molar-refractivity contribution in [3.05, 3.63) is 72.0 Å². The highest BCUT2D eigenvalue weighted by molar-refractivity contribution is 7.94. The van der Waals surface area contributed by atoms with Gasteiger partial charge in [0.15, 0.2) is 37.7 Å². The fourth-order valence-corrected chi connectivity index (χ4v) is 9.73. The summed E-state index contributed by atoms with van der Waals surface area (Å²) >= 11 is 6.70. The van der Waals surface area contributed by atoms with Gasteiger partial charge >= 0.3 is 10.4 Å². The Kier molecular flexibility index (Phi) is 17.1. The molecule has 0 radical (unpaired) electrons. The number of fused-ring (bicyclic) bond motifs is 1. The van der Waals surface area contributed by atoms with Crippen LogP contribution in [0.3, 0.4) is 0 Å². The number of nitrogens with one attached hydrogen (secondary N) is 1. The quantitative estimate of drug-likeness (QED) is 0.0113. The van der Waals surface area contributed by atoms with E-state index in [0.29, 0.717) is 0 Å². The molecule has 5 aromatic rings. The predicted molar refractivity (Wildman–Crippen MR) is 224 cm³/mol. The number of phenolic OH excluding ortho intramolecular Hbond substituents is 1. The van der Waals surface area contributed by atoms with Crippen LogP contribution in [0, 0.1) is 0 Å². The first kappa shape index (κ1) is 50.5. The minimum absolute atomic E-state index is 0.0738. The summed E-state index contributed by atoms with van der Waals surface area (Å²) in [6.45, 7) is 0.487. The Morgan fingerprint density at radius 2 is 1.48 bits per heavy atom. The molecule has 1 aromatic heterocycles. The summed E-state index contributed by atoms with van der Waals surface area (Å²) in [4.78, 5) is 12.5. The molecule has 0 amide bonds. The van der Waals surface area contributed by atoms with Crippen LogP contribution < -0.4 is 10.2 Å². The second-order valence-electron chi connectivity index (χ2n) is 12.0. The van der Waals surface area contributed by atoms with Crippen LogP contribution in [0.2, 0.25) is 5.28 Å². The van der Waals surface area contributed by atoms with Crippen molar-refractivity contribution in [3.63, 3.8) is 0 Å². The van der Waals surface area contributed by atoms with Gasteiger partial charge in [-0.25, -0.2) is 31.5 Å². The van der Waals surface area contributed by atoms with Gasteiger partial charge in [0.25, 0.3) is 10.1 Å². The summed E-state index contributed by atoms with van der Waals surface area (Å²) in [5.41, 5.74) is -0.484. The van der Waals surface area contributed by atoms with Crippen LogP contribution in [0.15, 0.2) is 96.5 Å². The van der Waals surface area contributed by atoms with E-state index in [9.17, 15) is 43.3 Å². The van der Waals surface area contributed by atoms with E-state index in [4.69, 9.17) is 30.9 Å². The Morgan fingerprint density at radius 3 is 2.14 bits per heavy atom. The number of anilines is 4. The van der Waals surface area contributed by atoms with Gasteiger partial charge in [0, 0.05) is 17.6 Å². The lowest BCUT2D eigenvalue weighted by Crippen LogP contribution is -2.21. The Balaban J connectivity index is 1.56. The number of nitrogens with zero attached hydrogens (tertiary/aromatic N) is 6. The number of benzene rings is 4. The van der Waals surface area contributed by atoms with E-state index in [-0.39, 0.29) is 91.9 Å². The number of hydrogen-bond acceptors (Lipinski definition) is 26. The first-order valence-corrected chi connectivity index (χ1v) is 24.9. The van der Waals surface area contributed by atoms with E-state index in [2.05, 4.69) is 53.4 Å². The Hall–Kier alpha value is -4.46. The molecule has 0 atom stereocenters. The molecule has 0 saturated carbocycles. The lowest BCUT2D eigenvalue weighted by atomic mass is 10.1. The fourth-order valence-electron chi connectivity index (χ4n) is 5.44. The van der Waals surface area contributed by atoms with E-state index in [1.807, 2.05) is 0 Å². The molecule has 5 rings (SSSR count). The lowest BCUT2D eigenvalue weighted by molar-refractivity contribution is -0.434. The molecule has 346 valence electrons. The molecule has 33 heteroatoms. The van der Waals surface area contributed by atoms with Crippen molar-refractivity contribution < 1.29 is 85.5 Å². The molecular weight excluding hydrogens is 1000 g/mol. The number of hydrogen-bond donors (Lipinski definition) is 6. The van der Waals surface area contributed by atoms with Crippen LogP contribution in [0.5, 0.6) is 5.75 Å². The SMILES string of the molecule is CCN(c1cccc(S(=O)(=O)CCOS(=O)(=O)O)c1)c1nc(Cl)nc(Nc2ccc(S(=O)(=O)O)c3cc(SOOO)c(N=Nc4cccc(S(=O)(=O)CCOSOOO)c4)c(O)c23)n1. The van der Waals surface area contributed by atoms with Crippen molar-refractivity contribution in [1.29, 1.82) is 0 Å². The van der Waals surface area contributed by atoms with E-state index in [1.165, 1.54) is 47.4 Å². The molecule has 64 heavy (non-hydrogen) atoms. The second-order valence-corrected chi connectivity index (χ2v) is 20.3. The Bertz CT molecular complexity index is 2990. The lowest BCUT2D eigenvalue weighted by Gasteiger charge is -2.22. The Morgan fingerprint density at radius 1 is 0.812 bits per heavy atom. The number of phenols is 1. The van der Waals surface area contributed by atoms with Gasteiger partial charge in [0.1, 0.15) is 10.6 Å². The van der Waals surface area contributed by atoms with Crippen molar-refractivity contribution in [2.24, 2.45) is 10.2 Å². The first-order chi connectivity index (χ1) is 30.2. The van der Waals surface area contributed by atoms with Crippen molar-refractivity contribution in [2.75, 3.05) is 41.5 Å². The zero-order valence-corrected chi connectivity index (χ0v) is 37.5. The summed E-state index contributed by atoms with van der Waals surface area (Å²) in [7, 11) is -18.1. The number of halogens is 1. The van der Waals surface area contributed by atoms with Crippen LogP contribution in [-0.2, 0) is 67.3 Å². The molecule has 0 fully saturated rings. The summed E-state index contributed by atoms with van der Waals surface area (Å²) < 4.78 is 135. The molecule has 0 bridgehead atoms. The topological polar surface area (TPSA) is 372 Å². The summed E-state index contributed by atoms with van der Waals surface area (Å²) in [5.74, 6) is -2.68. The van der Waals surface area contributed by atoms with Gasteiger partial charge in [-0.1, -0.05) is 22.2 Å². The van der Waals surface area contributed by atoms with Gasteiger partial charge in [0.2, 0.25) is 17.2 Å². The summed E-state index contributed by atoms with van der Waals surface area (Å²) in [6, 6.07) is 13.5. The van der Waals surface area contributed by atoms with Crippen molar-refractivity contribution in [1.82, 2.24) is 15.0 Å². The Labute approximate surface area is 376 Å². The van der Waals surface area contributed by atoms with Gasteiger partial charge in [-0.15, -0.1) is 13.8 Å². The minimum atomic E-state index is -5.03. The first-order valence-electron chi connectivity index (χ1n) is 17.0. The average Bonchev–Trinajstić information content (AvgIpc) is 3.22. The third kappa shape index (κ3) is 13.3. The van der Waals surface area contributed by atoms with Gasteiger partial charge in [-0.2, -0.15) is 36.9 Å². The standard InChI is InChI=1S/C31H30ClN7O19S6/c1-2-39(19-6-4-8-21(16-19)62(45,46)14-12-54-64(50,51)52)31-35-29(32)34-30(36-31)33-23-9-10-25(63(47,48)49)22-17-24(59-57-55-41)27(28(40)26(22)23)38-37-18-5-3-7-20(15-18)61(43,44)13-11-53-60-58-56-42/h3-10,15-17,40-42H,2,11-14H2,1H3,(H,47,48,49)(H,50,51,52)(H,33,34,35,36). The van der Waals surface area contributed by atoms with Gasteiger partial charge in [-0.05, 0) is 73.1 Å². The zero-order chi connectivity index (χ0) is 46.9. The van der Waals surface area contributed by atoms with Crippen LogP contribution in [0.1, 0.15) is 6.92 Å². The monoisotopic (exact) mass is 1030 g/mol. The van der Waals surface area contributed by atoms with Crippen LogP contribution >= 0.6 is 36.0 Å².